The average Bonchev–Trinajstić information content (AvgIpc) is 2.37. The fraction of sp³-hybridized carbons (Fsp3) is 0.562. The highest BCUT2D eigenvalue weighted by atomic mass is 16.5. The molecule has 0 amide bonds. The summed E-state index contributed by atoms with van der Waals surface area (Å²) in [6.07, 6.45) is 3.25. The van der Waals surface area contributed by atoms with E-state index < -0.39 is 0 Å². The van der Waals surface area contributed by atoms with Gasteiger partial charge in [0.05, 0.1) is 5.56 Å². The van der Waals surface area contributed by atoms with Crippen LogP contribution in [0, 0.1) is 11.8 Å². The summed E-state index contributed by atoms with van der Waals surface area (Å²) in [6.45, 7) is 4.90. The quantitative estimate of drug-likeness (QED) is 0.850. The van der Waals surface area contributed by atoms with Gasteiger partial charge < -0.3 is 10.5 Å². The first-order valence-electron chi connectivity index (χ1n) is 7.08. The largest absolute Gasteiger partial charge is 0.459 e. The number of carbonyl (C=O) groups is 1. The van der Waals surface area contributed by atoms with E-state index in [1.54, 1.807) is 6.07 Å². The van der Waals surface area contributed by atoms with Gasteiger partial charge in [-0.1, -0.05) is 26.0 Å². The van der Waals surface area contributed by atoms with Crippen molar-refractivity contribution in [1.29, 1.82) is 0 Å². The molecule has 0 aliphatic heterocycles. The van der Waals surface area contributed by atoms with E-state index in [0.29, 0.717) is 23.9 Å². The molecule has 0 saturated heterocycles. The highest BCUT2D eigenvalue weighted by Gasteiger charge is 2.26. The van der Waals surface area contributed by atoms with E-state index in [0.717, 1.165) is 18.4 Å². The summed E-state index contributed by atoms with van der Waals surface area (Å²) < 4.78 is 5.64. The minimum Gasteiger partial charge on any atom is -0.459 e. The Morgan fingerprint density at radius 1 is 1.26 bits per heavy atom. The van der Waals surface area contributed by atoms with E-state index >= 15 is 0 Å². The molecule has 2 N–H and O–H groups in total. The highest BCUT2D eigenvalue weighted by molar-refractivity contribution is 5.89. The Hall–Kier alpha value is -1.35. The second-order valence-electron chi connectivity index (χ2n) is 5.85. The molecule has 1 aromatic carbocycles. The highest BCUT2D eigenvalue weighted by Crippen LogP contribution is 2.30. The molecule has 2 atom stereocenters. The molecule has 3 nitrogen and oxygen atoms in total. The summed E-state index contributed by atoms with van der Waals surface area (Å²) in [4.78, 5) is 12.1. The molecule has 0 bridgehead atoms. The standard InChI is InChI=1S/C16H23NO2/c1-11-6-12(2)8-15(7-11)19-16(18)14-5-3-4-13(9-14)10-17/h3-5,9,11-12,15H,6-8,10,17H2,1-2H3. The number of carbonyl (C=O) groups excluding carboxylic acids is 1. The molecule has 0 heterocycles. The van der Waals surface area contributed by atoms with E-state index in [-0.39, 0.29) is 12.1 Å². The Morgan fingerprint density at radius 2 is 1.95 bits per heavy atom. The van der Waals surface area contributed by atoms with Crippen LogP contribution in [0.5, 0.6) is 0 Å². The van der Waals surface area contributed by atoms with Crippen molar-refractivity contribution in [1.82, 2.24) is 0 Å². The summed E-state index contributed by atoms with van der Waals surface area (Å²) in [5.74, 6) is 1.05. The number of hydrogen-bond donors (Lipinski definition) is 1. The molecule has 2 rings (SSSR count). The van der Waals surface area contributed by atoms with Gasteiger partial charge in [0, 0.05) is 6.54 Å². The lowest BCUT2D eigenvalue weighted by Crippen LogP contribution is -2.28. The summed E-state index contributed by atoms with van der Waals surface area (Å²) in [7, 11) is 0. The normalized spacial score (nSPS) is 27.0. The van der Waals surface area contributed by atoms with Gasteiger partial charge in [0.25, 0.3) is 0 Å². The van der Waals surface area contributed by atoms with Gasteiger partial charge in [-0.3, -0.25) is 0 Å². The van der Waals surface area contributed by atoms with Gasteiger partial charge in [0.15, 0.2) is 0 Å². The van der Waals surface area contributed by atoms with E-state index in [1.807, 2.05) is 18.2 Å². The summed E-state index contributed by atoms with van der Waals surface area (Å²) in [5, 5.41) is 0. The SMILES string of the molecule is CC1CC(C)CC(OC(=O)c2cccc(CN)c2)C1. The molecule has 19 heavy (non-hydrogen) atoms. The molecule has 1 saturated carbocycles. The average molecular weight is 261 g/mol. The van der Waals surface area contributed by atoms with Crippen LogP contribution in [0.15, 0.2) is 24.3 Å². The Bertz CT molecular complexity index is 434. The van der Waals surface area contributed by atoms with Crippen LogP contribution >= 0.6 is 0 Å². The van der Waals surface area contributed by atoms with Crippen molar-refractivity contribution < 1.29 is 9.53 Å². The molecule has 2 unspecified atom stereocenters. The number of ether oxygens (including phenoxy) is 1. The summed E-state index contributed by atoms with van der Waals surface area (Å²) in [6, 6.07) is 7.38. The maximum absolute atomic E-state index is 12.1. The fourth-order valence-electron chi connectivity index (χ4n) is 3.01. The number of benzene rings is 1. The molecular formula is C16H23NO2. The van der Waals surface area contributed by atoms with Crippen LogP contribution in [-0.2, 0) is 11.3 Å². The zero-order valence-electron chi connectivity index (χ0n) is 11.8. The molecule has 1 aliphatic carbocycles. The summed E-state index contributed by atoms with van der Waals surface area (Å²) in [5.41, 5.74) is 7.15. The van der Waals surface area contributed by atoms with Crippen molar-refractivity contribution in [3.63, 3.8) is 0 Å². The van der Waals surface area contributed by atoms with Crippen LogP contribution < -0.4 is 5.73 Å². The molecule has 0 aromatic heterocycles. The minimum absolute atomic E-state index is 0.0628. The lowest BCUT2D eigenvalue weighted by Gasteiger charge is -2.31. The van der Waals surface area contributed by atoms with Crippen LogP contribution in [0.2, 0.25) is 0 Å². The molecule has 3 heteroatoms. The number of hydrogen-bond acceptors (Lipinski definition) is 3. The van der Waals surface area contributed by atoms with Crippen molar-refractivity contribution in [2.75, 3.05) is 0 Å². The van der Waals surface area contributed by atoms with Crippen molar-refractivity contribution in [2.45, 2.75) is 45.8 Å². The lowest BCUT2D eigenvalue weighted by molar-refractivity contribution is 0.00805. The Labute approximate surface area is 115 Å². The predicted molar refractivity (Wildman–Crippen MR) is 75.7 cm³/mol. The summed E-state index contributed by atoms with van der Waals surface area (Å²) >= 11 is 0. The topological polar surface area (TPSA) is 52.3 Å². The second kappa shape index (κ2) is 6.20. The van der Waals surface area contributed by atoms with Gasteiger partial charge in [-0.05, 0) is 48.8 Å². The van der Waals surface area contributed by atoms with Gasteiger partial charge in [-0.2, -0.15) is 0 Å². The third-order valence-corrected chi connectivity index (χ3v) is 3.81. The van der Waals surface area contributed by atoms with Crippen molar-refractivity contribution in [3.8, 4) is 0 Å². The van der Waals surface area contributed by atoms with Gasteiger partial charge in [-0.25, -0.2) is 4.79 Å². The Morgan fingerprint density at radius 3 is 2.58 bits per heavy atom. The zero-order valence-corrected chi connectivity index (χ0v) is 11.8. The molecule has 0 spiro atoms. The number of esters is 1. The minimum atomic E-state index is -0.221. The van der Waals surface area contributed by atoms with E-state index in [2.05, 4.69) is 13.8 Å². The van der Waals surface area contributed by atoms with Crippen LogP contribution in [-0.4, -0.2) is 12.1 Å². The number of rotatable bonds is 3. The molecular weight excluding hydrogens is 238 g/mol. The number of nitrogens with two attached hydrogens (primary N) is 1. The molecule has 1 aliphatic rings. The molecule has 1 fully saturated rings. The first kappa shape index (κ1) is 14.1. The van der Waals surface area contributed by atoms with Gasteiger partial charge in [0.1, 0.15) is 6.10 Å². The van der Waals surface area contributed by atoms with Gasteiger partial charge in [-0.15, -0.1) is 0 Å². The first-order chi connectivity index (χ1) is 9.08. The van der Waals surface area contributed by atoms with Gasteiger partial charge >= 0.3 is 5.97 Å². The zero-order chi connectivity index (χ0) is 13.8. The van der Waals surface area contributed by atoms with E-state index in [4.69, 9.17) is 10.5 Å². The fourth-order valence-corrected chi connectivity index (χ4v) is 3.01. The van der Waals surface area contributed by atoms with Crippen LogP contribution in [0.1, 0.15) is 49.0 Å². The maximum Gasteiger partial charge on any atom is 0.338 e. The van der Waals surface area contributed by atoms with E-state index in [1.165, 1.54) is 6.42 Å². The predicted octanol–water partition coefficient (Wildman–Crippen LogP) is 3.13. The van der Waals surface area contributed by atoms with Crippen molar-refractivity contribution in [3.05, 3.63) is 35.4 Å². The molecule has 0 radical (unpaired) electrons. The van der Waals surface area contributed by atoms with Gasteiger partial charge in [0.2, 0.25) is 0 Å². The smallest absolute Gasteiger partial charge is 0.338 e. The van der Waals surface area contributed by atoms with Crippen molar-refractivity contribution in [2.24, 2.45) is 17.6 Å². The maximum atomic E-state index is 12.1. The van der Waals surface area contributed by atoms with E-state index in [9.17, 15) is 4.79 Å². The second-order valence-corrected chi connectivity index (χ2v) is 5.85. The molecule has 1 aromatic rings. The van der Waals surface area contributed by atoms with Crippen LogP contribution in [0.4, 0.5) is 0 Å². The monoisotopic (exact) mass is 261 g/mol. The first-order valence-corrected chi connectivity index (χ1v) is 7.08. The van der Waals surface area contributed by atoms with Crippen LogP contribution in [0.25, 0.3) is 0 Å². The van der Waals surface area contributed by atoms with Crippen LogP contribution in [0.3, 0.4) is 0 Å². The lowest BCUT2D eigenvalue weighted by atomic mass is 9.82. The molecule has 104 valence electrons. The van der Waals surface area contributed by atoms with Crippen molar-refractivity contribution >= 4 is 5.97 Å². The third kappa shape index (κ3) is 3.80. The third-order valence-electron chi connectivity index (χ3n) is 3.81. The Kier molecular flexibility index (Phi) is 4.59. The Balaban J connectivity index is 2.00.